The summed E-state index contributed by atoms with van der Waals surface area (Å²) in [5.74, 6) is 1.27. The molecule has 0 radical (unpaired) electrons. The molecule has 2 aliphatic heterocycles. The number of thioether (sulfide) groups is 1. The number of aryl methyl sites for hydroxylation is 1. The lowest BCUT2D eigenvalue weighted by molar-refractivity contribution is -0.149. The van der Waals surface area contributed by atoms with Gasteiger partial charge in [-0.3, -0.25) is 14.5 Å². The number of hydrogen-bond donors (Lipinski definition) is 0. The van der Waals surface area contributed by atoms with E-state index >= 15 is 0 Å². The molecule has 3 aromatic rings. The molecule has 44 heavy (non-hydrogen) atoms. The summed E-state index contributed by atoms with van der Waals surface area (Å²) in [5.41, 5.74) is 5.13. The Balaban J connectivity index is 1.14. The van der Waals surface area contributed by atoms with Crippen molar-refractivity contribution < 1.29 is 14.3 Å². The van der Waals surface area contributed by atoms with E-state index in [0.29, 0.717) is 31.0 Å². The van der Waals surface area contributed by atoms with Crippen LogP contribution in [-0.4, -0.2) is 84.1 Å². The van der Waals surface area contributed by atoms with Gasteiger partial charge in [0.1, 0.15) is 5.82 Å². The number of piperazine rings is 1. The Labute approximate surface area is 265 Å². The van der Waals surface area contributed by atoms with Crippen LogP contribution in [0.25, 0.3) is 6.08 Å². The van der Waals surface area contributed by atoms with Crippen molar-refractivity contribution in [1.29, 1.82) is 0 Å². The molecule has 3 heterocycles. The number of anilines is 1. The molecule has 0 spiro atoms. The molecule has 2 aromatic carbocycles. The van der Waals surface area contributed by atoms with E-state index in [4.69, 9.17) is 14.7 Å². The maximum Gasteiger partial charge on any atom is 0.310 e. The van der Waals surface area contributed by atoms with Gasteiger partial charge in [0.25, 0.3) is 5.91 Å². The second-order valence-electron chi connectivity index (χ2n) is 11.5. The Kier molecular flexibility index (Phi) is 11.1. The quantitative estimate of drug-likeness (QED) is 0.165. The SMILES string of the molecule is CCOC(=O)C1CCCN(C(=O)c2ccc(CSc3nc(C)c(C)c(N4CCN(CC=Cc5ccccc5)CC4)n3)cc2)C1. The Morgan fingerprint density at radius 1 is 0.977 bits per heavy atom. The van der Waals surface area contributed by atoms with E-state index in [1.807, 2.05) is 37.3 Å². The molecule has 0 N–H and O–H groups in total. The van der Waals surface area contributed by atoms with Crippen LogP contribution < -0.4 is 4.90 Å². The number of carbonyl (C=O) groups excluding carboxylic acids is 2. The zero-order valence-electron chi connectivity index (χ0n) is 26.1. The minimum absolute atomic E-state index is 0.0346. The van der Waals surface area contributed by atoms with Crippen LogP contribution in [-0.2, 0) is 15.3 Å². The standard InChI is InChI=1S/C35H43N5O3S/c1-4-43-34(42)31-13-9-19-40(24-31)33(41)30-16-14-29(15-17-30)25-44-35-36-27(3)26(2)32(37-35)39-22-20-38(21-23-39)18-8-12-28-10-6-5-7-11-28/h5-8,10-12,14-17,31H,4,9,13,18-25H2,1-3H3. The van der Waals surface area contributed by atoms with Crippen molar-refractivity contribution in [2.24, 2.45) is 5.92 Å². The monoisotopic (exact) mass is 613 g/mol. The van der Waals surface area contributed by atoms with E-state index in [9.17, 15) is 9.59 Å². The van der Waals surface area contributed by atoms with Crippen molar-refractivity contribution in [3.8, 4) is 0 Å². The van der Waals surface area contributed by atoms with Gasteiger partial charge < -0.3 is 14.5 Å². The number of nitrogens with zero attached hydrogens (tertiary/aromatic N) is 5. The Morgan fingerprint density at radius 3 is 2.45 bits per heavy atom. The van der Waals surface area contributed by atoms with Crippen molar-refractivity contribution in [3.05, 3.63) is 88.6 Å². The van der Waals surface area contributed by atoms with Crippen molar-refractivity contribution >= 4 is 35.5 Å². The molecule has 5 rings (SSSR count). The molecule has 0 saturated carbocycles. The smallest absolute Gasteiger partial charge is 0.310 e. The number of benzene rings is 2. The molecule has 2 fully saturated rings. The summed E-state index contributed by atoms with van der Waals surface area (Å²) in [6.45, 7) is 12.2. The number of esters is 1. The fourth-order valence-corrected chi connectivity index (χ4v) is 6.53. The van der Waals surface area contributed by atoms with Crippen LogP contribution in [0.3, 0.4) is 0 Å². The lowest BCUT2D eigenvalue weighted by atomic mass is 9.97. The third-order valence-electron chi connectivity index (χ3n) is 8.39. The minimum atomic E-state index is -0.239. The Hall–Kier alpha value is -3.69. The van der Waals surface area contributed by atoms with E-state index in [-0.39, 0.29) is 17.8 Å². The highest BCUT2D eigenvalue weighted by molar-refractivity contribution is 7.98. The molecule has 1 unspecified atom stereocenters. The summed E-state index contributed by atoms with van der Waals surface area (Å²) in [4.78, 5) is 41.7. The summed E-state index contributed by atoms with van der Waals surface area (Å²) in [7, 11) is 0. The topological polar surface area (TPSA) is 78.9 Å². The van der Waals surface area contributed by atoms with Crippen LogP contribution >= 0.6 is 11.8 Å². The van der Waals surface area contributed by atoms with Crippen molar-refractivity contribution in [2.45, 2.75) is 44.5 Å². The van der Waals surface area contributed by atoms with E-state index in [2.05, 4.69) is 60.1 Å². The van der Waals surface area contributed by atoms with Gasteiger partial charge in [0.05, 0.1) is 12.5 Å². The van der Waals surface area contributed by atoms with Crippen LogP contribution in [0.2, 0.25) is 0 Å². The van der Waals surface area contributed by atoms with E-state index in [0.717, 1.165) is 73.4 Å². The van der Waals surface area contributed by atoms with Crippen LogP contribution in [0.4, 0.5) is 5.82 Å². The zero-order chi connectivity index (χ0) is 30.9. The maximum absolute atomic E-state index is 13.1. The maximum atomic E-state index is 13.1. The average Bonchev–Trinajstić information content (AvgIpc) is 3.06. The van der Waals surface area contributed by atoms with Crippen molar-refractivity contribution in [2.75, 3.05) is 57.3 Å². The summed E-state index contributed by atoms with van der Waals surface area (Å²) in [6.07, 6.45) is 6.02. The van der Waals surface area contributed by atoms with Crippen molar-refractivity contribution in [3.63, 3.8) is 0 Å². The van der Waals surface area contributed by atoms with E-state index in [1.165, 1.54) is 5.56 Å². The highest BCUT2D eigenvalue weighted by atomic mass is 32.2. The van der Waals surface area contributed by atoms with Gasteiger partial charge >= 0.3 is 5.97 Å². The normalized spacial score (nSPS) is 17.7. The van der Waals surface area contributed by atoms with Crippen LogP contribution in [0.15, 0.2) is 65.8 Å². The molecule has 1 amide bonds. The van der Waals surface area contributed by atoms with Gasteiger partial charge in [-0.25, -0.2) is 9.97 Å². The fourth-order valence-electron chi connectivity index (χ4n) is 5.69. The third-order valence-corrected chi connectivity index (χ3v) is 9.30. The van der Waals surface area contributed by atoms with Crippen LogP contribution in [0.1, 0.15) is 52.5 Å². The largest absolute Gasteiger partial charge is 0.466 e. The molecule has 8 nitrogen and oxygen atoms in total. The first-order chi connectivity index (χ1) is 21.4. The predicted molar refractivity (Wildman–Crippen MR) is 177 cm³/mol. The van der Waals surface area contributed by atoms with E-state index < -0.39 is 0 Å². The predicted octanol–water partition coefficient (Wildman–Crippen LogP) is 5.64. The first-order valence-electron chi connectivity index (χ1n) is 15.6. The van der Waals surface area contributed by atoms with Gasteiger partial charge in [-0.1, -0.05) is 66.4 Å². The number of rotatable bonds is 10. The summed E-state index contributed by atoms with van der Waals surface area (Å²) < 4.78 is 5.18. The van der Waals surface area contributed by atoms with Gasteiger partial charge in [0.2, 0.25) is 0 Å². The number of carbonyl (C=O) groups is 2. The van der Waals surface area contributed by atoms with Gasteiger partial charge in [0.15, 0.2) is 5.16 Å². The first-order valence-corrected chi connectivity index (χ1v) is 16.6. The molecule has 0 bridgehead atoms. The number of piperidine rings is 1. The second kappa shape index (κ2) is 15.3. The number of hydrogen-bond acceptors (Lipinski definition) is 8. The molecule has 0 aliphatic carbocycles. The highest BCUT2D eigenvalue weighted by Gasteiger charge is 2.30. The third kappa shape index (κ3) is 8.27. The van der Waals surface area contributed by atoms with Gasteiger partial charge in [0, 0.05) is 68.4 Å². The molecule has 9 heteroatoms. The molecule has 1 atom stereocenters. The molecule has 2 saturated heterocycles. The number of amides is 1. The number of likely N-dealkylation sites (tertiary alicyclic amines) is 1. The fraction of sp³-hybridized carbons (Fsp3) is 0.429. The van der Waals surface area contributed by atoms with Gasteiger partial charge in [-0.2, -0.15) is 0 Å². The lowest BCUT2D eigenvalue weighted by Gasteiger charge is -2.35. The van der Waals surface area contributed by atoms with E-state index in [1.54, 1.807) is 16.7 Å². The molecular formula is C35H43N5O3S. The summed E-state index contributed by atoms with van der Waals surface area (Å²) >= 11 is 1.62. The van der Waals surface area contributed by atoms with Gasteiger partial charge in [-0.15, -0.1) is 0 Å². The molecule has 2 aliphatic rings. The second-order valence-corrected chi connectivity index (χ2v) is 12.4. The summed E-state index contributed by atoms with van der Waals surface area (Å²) in [5, 5.41) is 0.773. The Bertz CT molecular complexity index is 1440. The molecule has 1 aromatic heterocycles. The molecule has 232 valence electrons. The number of ether oxygens (including phenoxy) is 1. The van der Waals surface area contributed by atoms with Crippen LogP contribution in [0, 0.1) is 19.8 Å². The minimum Gasteiger partial charge on any atom is -0.466 e. The highest BCUT2D eigenvalue weighted by Crippen LogP contribution is 2.27. The molecular weight excluding hydrogens is 570 g/mol. The number of aromatic nitrogens is 2. The van der Waals surface area contributed by atoms with Crippen molar-refractivity contribution in [1.82, 2.24) is 19.8 Å². The van der Waals surface area contributed by atoms with Crippen LogP contribution in [0.5, 0.6) is 0 Å². The average molecular weight is 614 g/mol. The zero-order valence-corrected chi connectivity index (χ0v) is 26.9. The van der Waals surface area contributed by atoms with Gasteiger partial charge in [-0.05, 0) is 56.9 Å². The first kappa shape index (κ1) is 31.7. The Morgan fingerprint density at radius 2 is 1.73 bits per heavy atom. The summed E-state index contributed by atoms with van der Waals surface area (Å²) in [6, 6.07) is 18.2. The lowest BCUT2D eigenvalue weighted by Crippen LogP contribution is -2.47.